The maximum Gasteiger partial charge on any atom is 0.240 e. The van der Waals surface area contributed by atoms with Gasteiger partial charge in [-0.2, -0.15) is 0 Å². The predicted molar refractivity (Wildman–Crippen MR) is 98.3 cm³/mol. The molecule has 9 heteroatoms. The van der Waals surface area contributed by atoms with E-state index in [1.807, 2.05) is 0 Å². The van der Waals surface area contributed by atoms with Gasteiger partial charge in [0.1, 0.15) is 5.82 Å². The van der Waals surface area contributed by atoms with Crippen LogP contribution < -0.4 is 4.72 Å². The van der Waals surface area contributed by atoms with Gasteiger partial charge in [0.2, 0.25) is 15.9 Å². The molecular formula is C18H26FN3O4S. The van der Waals surface area contributed by atoms with E-state index in [1.165, 1.54) is 17.0 Å². The number of fused-ring (bicyclic) bond motifs is 1. The molecule has 2 aliphatic heterocycles. The Balaban J connectivity index is 1.61. The zero-order chi connectivity index (χ0) is 19.8. The number of amides is 1. The Morgan fingerprint density at radius 1 is 1.37 bits per heavy atom. The highest BCUT2D eigenvalue weighted by Crippen LogP contribution is 2.26. The molecule has 2 heterocycles. The number of hydrogen-bond donors (Lipinski definition) is 1. The van der Waals surface area contributed by atoms with Gasteiger partial charge in [-0.1, -0.05) is 6.07 Å². The van der Waals surface area contributed by atoms with Crippen LogP contribution in [-0.4, -0.2) is 76.1 Å². The SMILES string of the molecule is Cc1ccc(S(=O)(=O)N[C@H]2C[C@H]3CO[C@@H](CC(=O)N(C)C)CN3C2)cc1F. The first-order valence-electron chi connectivity index (χ1n) is 9.00. The summed E-state index contributed by atoms with van der Waals surface area (Å²) in [5.74, 6) is -0.528. The summed E-state index contributed by atoms with van der Waals surface area (Å²) in [6.07, 6.45) is 0.759. The molecular weight excluding hydrogens is 373 g/mol. The van der Waals surface area contributed by atoms with Crippen LogP contribution in [0.3, 0.4) is 0 Å². The van der Waals surface area contributed by atoms with Crippen molar-refractivity contribution in [2.45, 2.75) is 42.8 Å². The van der Waals surface area contributed by atoms with E-state index in [1.54, 1.807) is 21.0 Å². The van der Waals surface area contributed by atoms with E-state index in [2.05, 4.69) is 9.62 Å². The fourth-order valence-corrected chi connectivity index (χ4v) is 4.81. The molecule has 0 aliphatic carbocycles. The van der Waals surface area contributed by atoms with Crippen molar-refractivity contribution in [3.8, 4) is 0 Å². The largest absolute Gasteiger partial charge is 0.375 e. The van der Waals surface area contributed by atoms with Crippen LogP contribution in [0.25, 0.3) is 0 Å². The third-order valence-corrected chi connectivity index (χ3v) is 6.69. The molecule has 0 radical (unpaired) electrons. The van der Waals surface area contributed by atoms with Crippen molar-refractivity contribution in [2.75, 3.05) is 33.8 Å². The second kappa shape index (κ2) is 7.83. The van der Waals surface area contributed by atoms with Gasteiger partial charge in [0, 0.05) is 39.3 Å². The molecule has 0 bridgehead atoms. The quantitative estimate of drug-likeness (QED) is 0.790. The van der Waals surface area contributed by atoms with E-state index < -0.39 is 15.8 Å². The van der Waals surface area contributed by atoms with Gasteiger partial charge in [0.15, 0.2) is 0 Å². The maximum absolute atomic E-state index is 13.7. The predicted octanol–water partition coefficient (Wildman–Crippen LogP) is 0.732. The second-order valence-corrected chi connectivity index (χ2v) is 9.23. The Hall–Kier alpha value is -1.55. The van der Waals surface area contributed by atoms with Crippen molar-refractivity contribution in [1.82, 2.24) is 14.5 Å². The third-order valence-electron chi connectivity index (χ3n) is 5.17. The summed E-state index contributed by atoms with van der Waals surface area (Å²) >= 11 is 0. The molecule has 2 saturated heterocycles. The molecule has 1 amide bonds. The van der Waals surface area contributed by atoms with E-state index in [9.17, 15) is 17.6 Å². The minimum Gasteiger partial charge on any atom is -0.375 e. The summed E-state index contributed by atoms with van der Waals surface area (Å²) in [5, 5.41) is 0. The van der Waals surface area contributed by atoms with Crippen LogP contribution in [0.15, 0.2) is 23.1 Å². The third kappa shape index (κ3) is 4.66. The van der Waals surface area contributed by atoms with Gasteiger partial charge < -0.3 is 9.64 Å². The smallest absolute Gasteiger partial charge is 0.240 e. The minimum atomic E-state index is -3.79. The molecule has 0 aromatic heterocycles. The van der Waals surface area contributed by atoms with Crippen molar-refractivity contribution in [2.24, 2.45) is 0 Å². The van der Waals surface area contributed by atoms with Crippen LogP contribution in [-0.2, 0) is 19.6 Å². The molecule has 2 fully saturated rings. The van der Waals surface area contributed by atoms with Crippen molar-refractivity contribution < 1.29 is 22.3 Å². The van der Waals surface area contributed by atoms with Crippen molar-refractivity contribution in [1.29, 1.82) is 0 Å². The first kappa shape index (κ1) is 20.2. The van der Waals surface area contributed by atoms with Crippen molar-refractivity contribution in [3.05, 3.63) is 29.6 Å². The van der Waals surface area contributed by atoms with Crippen LogP contribution in [0.2, 0.25) is 0 Å². The lowest BCUT2D eigenvalue weighted by Crippen LogP contribution is -2.47. The molecule has 1 N–H and O–H groups in total. The van der Waals surface area contributed by atoms with Crippen LogP contribution in [0.5, 0.6) is 0 Å². The number of carbonyl (C=O) groups is 1. The van der Waals surface area contributed by atoms with Gasteiger partial charge in [0.25, 0.3) is 0 Å². The second-order valence-electron chi connectivity index (χ2n) is 7.52. The first-order chi connectivity index (χ1) is 12.7. The summed E-state index contributed by atoms with van der Waals surface area (Å²) in [5.41, 5.74) is 0.405. The van der Waals surface area contributed by atoms with Gasteiger partial charge in [-0.3, -0.25) is 9.69 Å². The molecule has 1 aromatic carbocycles. The number of carbonyl (C=O) groups excluding carboxylic acids is 1. The first-order valence-corrected chi connectivity index (χ1v) is 10.5. The lowest BCUT2D eigenvalue weighted by Gasteiger charge is -2.35. The lowest BCUT2D eigenvalue weighted by molar-refractivity contribution is -0.134. The van der Waals surface area contributed by atoms with Crippen molar-refractivity contribution in [3.63, 3.8) is 0 Å². The fraction of sp³-hybridized carbons (Fsp3) is 0.611. The van der Waals surface area contributed by atoms with Crippen LogP contribution >= 0.6 is 0 Å². The number of rotatable bonds is 5. The summed E-state index contributed by atoms with van der Waals surface area (Å²) in [6, 6.07) is 3.78. The molecule has 7 nitrogen and oxygen atoms in total. The highest BCUT2D eigenvalue weighted by atomic mass is 32.2. The van der Waals surface area contributed by atoms with Gasteiger partial charge in [0.05, 0.1) is 24.0 Å². The van der Waals surface area contributed by atoms with Gasteiger partial charge in [-0.15, -0.1) is 0 Å². The van der Waals surface area contributed by atoms with E-state index in [0.717, 1.165) is 6.07 Å². The topological polar surface area (TPSA) is 78.9 Å². The molecule has 2 aliphatic rings. The van der Waals surface area contributed by atoms with Gasteiger partial charge in [-0.25, -0.2) is 17.5 Å². The monoisotopic (exact) mass is 399 g/mol. The number of morpholine rings is 1. The van der Waals surface area contributed by atoms with Gasteiger partial charge >= 0.3 is 0 Å². The Labute approximate surface area is 159 Å². The van der Waals surface area contributed by atoms with Crippen LogP contribution in [0.1, 0.15) is 18.4 Å². The standard InChI is InChI=1S/C18H26FN3O4S/c1-12-4-5-16(8-17(12)19)27(24,25)20-13-6-14-11-26-15(10-22(14)9-13)7-18(23)21(2)3/h4-5,8,13-15,20H,6-7,9-11H2,1-3H3/t13-,14-,15-/m0/s1. The zero-order valence-electron chi connectivity index (χ0n) is 15.8. The number of halogens is 1. The van der Waals surface area contributed by atoms with Gasteiger partial charge in [-0.05, 0) is 31.0 Å². The molecule has 3 rings (SSSR count). The molecule has 150 valence electrons. The number of nitrogens with one attached hydrogen (secondary N) is 1. The van der Waals surface area contributed by atoms with E-state index in [4.69, 9.17) is 4.74 Å². The lowest BCUT2D eigenvalue weighted by atomic mass is 10.1. The van der Waals surface area contributed by atoms with Crippen LogP contribution in [0, 0.1) is 12.7 Å². The fourth-order valence-electron chi connectivity index (χ4n) is 3.56. The molecule has 1 aromatic rings. The Kier molecular flexibility index (Phi) is 5.85. The highest BCUT2D eigenvalue weighted by Gasteiger charge is 2.39. The normalized spacial score (nSPS) is 26.0. The summed E-state index contributed by atoms with van der Waals surface area (Å²) in [4.78, 5) is 15.5. The van der Waals surface area contributed by atoms with Crippen molar-refractivity contribution >= 4 is 15.9 Å². The number of benzene rings is 1. The van der Waals surface area contributed by atoms with E-state index in [-0.39, 0.29) is 29.0 Å². The Morgan fingerprint density at radius 2 is 2.11 bits per heavy atom. The number of aryl methyl sites for hydroxylation is 1. The number of hydrogen-bond acceptors (Lipinski definition) is 5. The molecule has 0 unspecified atom stereocenters. The number of nitrogens with zero attached hydrogens (tertiary/aromatic N) is 2. The molecule has 3 atom stereocenters. The van der Waals surface area contributed by atoms with Crippen LogP contribution in [0.4, 0.5) is 4.39 Å². The minimum absolute atomic E-state index is 0.0105. The summed E-state index contributed by atoms with van der Waals surface area (Å²) in [7, 11) is -0.366. The number of ether oxygens (including phenoxy) is 1. The molecule has 0 saturated carbocycles. The van der Waals surface area contributed by atoms with E-state index >= 15 is 0 Å². The molecule has 0 spiro atoms. The summed E-state index contributed by atoms with van der Waals surface area (Å²) < 4.78 is 47.3. The molecule has 27 heavy (non-hydrogen) atoms. The highest BCUT2D eigenvalue weighted by molar-refractivity contribution is 7.89. The van der Waals surface area contributed by atoms with E-state index in [0.29, 0.717) is 38.1 Å². The Morgan fingerprint density at radius 3 is 2.78 bits per heavy atom. The summed E-state index contributed by atoms with van der Waals surface area (Å²) in [6.45, 7) is 3.21. The number of sulfonamides is 1. The average Bonchev–Trinajstić information content (AvgIpc) is 2.97. The Bertz CT molecular complexity index is 815. The zero-order valence-corrected chi connectivity index (χ0v) is 16.6. The average molecular weight is 399 g/mol. The maximum atomic E-state index is 13.7.